The van der Waals surface area contributed by atoms with Gasteiger partial charge in [0.05, 0.1) is 35.7 Å². The largest absolute Gasteiger partial charge is 0.383 e. The van der Waals surface area contributed by atoms with Crippen LogP contribution < -0.4 is 10.6 Å². The number of aromatic nitrogens is 4. The van der Waals surface area contributed by atoms with E-state index < -0.39 is 11.5 Å². The Morgan fingerprint density at radius 3 is 2.52 bits per heavy atom. The van der Waals surface area contributed by atoms with Crippen LogP contribution in [0.2, 0.25) is 5.02 Å². The quantitative estimate of drug-likeness (QED) is 0.192. The van der Waals surface area contributed by atoms with Gasteiger partial charge >= 0.3 is 0 Å². The second kappa shape index (κ2) is 12.7. The summed E-state index contributed by atoms with van der Waals surface area (Å²) in [6, 6.07) is 14.5. The zero-order valence-corrected chi connectivity index (χ0v) is 26.9. The molecule has 2 aromatic heterocycles. The zero-order valence-electron chi connectivity index (χ0n) is 26.1. The standard InChI is InChI=1S/C33H41ClN6O4/c1-20(18-43-5)36-31(42)33(3,19-44-6)21-11-12-24-25(17-21)38-29(37-24)28(39-30(41)26-13-16-35-40(26)4)27(32(2)14-15-32)22-9-7-8-10-23(22)34/h7-13,16-17,20,27-28H,14-15,18-19H2,1-6H3,(H,36,42)(H,37,38)(H,39,41)/t20-,27+,28+,33?/m1/s1. The molecule has 44 heavy (non-hydrogen) atoms. The molecular weight excluding hydrogens is 580 g/mol. The van der Waals surface area contributed by atoms with Crippen molar-refractivity contribution in [3.8, 4) is 0 Å². The molecule has 0 radical (unpaired) electrons. The van der Waals surface area contributed by atoms with E-state index in [0.717, 1.165) is 29.5 Å². The van der Waals surface area contributed by atoms with E-state index in [1.807, 2.05) is 56.3 Å². The number of rotatable bonds is 13. The highest BCUT2D eigenvalue weighted by Crippen LogP contribution is 2.60. The first-order valence-electron chi connectivity index (χ1n) is 14.8. The molecule has 2 heterocycles. The summed E-state index contributed by atoms with van der Waals surface area (Å²) < 4.78 is 12.3. The van der Waals surface area contributed by atoms with Gasteiger partial charge in [0.15, 0.2) is 0 Å². The molecule has 1 aliphatic carbocycles. The number of methoxy groups -OCH3 is 2. The summed E-state index contributed by atoms with van der Waals surface area (Å²) in [7, 11) is 4.92. The van der Waals surface area contributed by atoms with Crippen molar-refractivity contribution in [3.05, 3.63) is 82.4 Å². The van der Waals surface area contributed by atoms with Crippen molar-refractivity contribution in [3.63, 3.8) is 0 Å². The number of fused-ring (bicyclic) bond motifs is 1. The minimum absolute atomic E-state index is 0.0897. The fourth-order valence-electron chi connectivity index (χ4n) is 6.07. The van der Waals surface area contributed by atoms with E-state index in [4.69, 9.17) is 26.1 Å². The van der Waals surface area contributed by atoms with Gasteiger partial charge in [-0.3, -0.25) is 14.3 Å². The number of H-pyrrole nitrogens is 1. The van der Waals surface area contributed by atoms with Gasteiger partial charge < -0.3 is 25.1 Å². The fraction of sp³-hybridized carbons (Fsp3) is 0.455. The monoisotopic (exact) mass is 620 g/mol. The highest BCUT2D eigenvalue weighted by molar-refractivity contribution is 6.31. The summed E-state index contributed by atoms with van der Waals surface area (Å²) in [6.45, 7) is 6.56. The molecule has 0 spiro atoms. The van der Waals surface area contributed by atoms with Gasteiger partial charge in [0.25, 0.3) is 5.91 Å². The van der Waals surface area contributed by atoms with Gasteiger partial charge in [0.2, 0.25) is 5.91 Å². The fourth-order valence-corrected chi connectivity index (χ4v) is 6.33. The van der Waals surface area contributed by atoms with Crippen LogP contribution in [0, 0.1) is 5.41 Å². The minimum atomic E-state index is -0.973. The van der Waals surface area contributed by atoms with Crippen LogP contribution in [0.5, 0.6) is 0 Å². The number of amides is 2. The molecule has 4 atom stereocenters. The molecular formula is C33H41ClN6O4. The molecule has 5 rings (SSSR count). The number of nitrogens with one attached hydrogen (secondary N) is 3. The van der Waals surface area contributed by atoms with Crippen molar-refractivity contribution < 1.29 is 19.1 Å². The second-order valence-electron chi connectivity index (χ2n) is 12.4. The van der Waals surface area contributed by atoms with Gasteiger partial charge in [-0.2, -0.15) is 5.10 Å². The molecule has 2 aromatic carbocycles. The molecule has 4 aromatic rings. The summed E-state index contributed by atoms with van der Waals surface area (Å²) in [6.07, 6.45) is 3.60. The first kappa shape index (κ1) is 31.7. The van der Waals surface area contributed by atoms with Crippen molar-refractivity contribution in [2.24, 2.45) is 12.5 Å². The summed E-state index contributed by atoms with van der Waals surface area (Å²) in [5, 5.41) is 11.1. The first-order valence-corrected chi connectivity index (χ1v) is 15.2. The normalized spacial score (nSPS) is 17.4. The number of hydrogen-bond donors (Lipinski definition) is 3. The zero-order chi connectivity index (χ0) is 31.6. The Kier molecular flexibility index (Phi) is 9.15. The molecule has 10 nitrogen and oxygen atoms in total. The molecule has 1 saturated carbocycles. The topological polar surface area (TPSA) is 123 Å². The van der Waals surface area contributed by atoms with Gasteiger partial charge in [-0.05, 0) is 67.5 Å². The Balaban J connectivity index is 1.58. The number of carbonyl (C=O) groups is 2. The average molecular weight is 621 g/mol. The maximum Gasteiger partial charge on any atom is 0.270 e. The first-order chi connectivity index (χ1) is 21.0. The van der Waals surface area contributed by atoms with E-state index in [1.54, 1.807) is 38.2 Å². The number of nitrogens with zero attached hydrogens (tertiary/aromatic N) is 3. The molecule has 1 unspecified atom stereocenters. The van der Waals surface area contributed by atoms with E-state index in [0.29, 0.717) is 28.7 Å². The Labute approximate surface area is 262 Å². The average Bonchev–Trinajstić information content (AvgIpc) is 3.36. The van der Waals surface area contributed by atoms with Crippen molar-refractivity contribution in [2.45, 2.75) is 57.0 Å². The Morgan fingerprint density at radius 2 is 1.89 bits per heavy atom. The van der Waals surface area contributed by atoms with Crippen molar-refractivity contribution in [1.82, 2.24) is 30.4 Å². The van der Waals surface area contributed by atoms with Crippen LogP contribution in [0.15, 0.2) is 54.7 Å². The summed E-state index contributed by atoms with van der Waals surface area (Å²) in [4.78, 5) is 35.7. The van der Waals surface area contributed by atoms with E-state index in [9.17, 15) is 9.59 Å². The van der Waals surface area contributed by atoms with Gasteiger partial charge in [0, 0.05) is 44.4 Å². The van der Waals surface area contributed by atoms with Crippen LogP contribution in [0.1, 0.15) is 73.0 Å². The number of imidazole rings is 1. The van der Waals surface area contributed by atoms with Crippen LogP contribution in [-0.4, -0.2) is 65.0 Å². The second-order valence-corrected chi connectivity index (χ2v) is 12.8. The highest BCUT2D eigenvalue weighted by Gasteiger charge is 2.51. The Bertz CT molecular complexity index is 1650. The summed E-state index contributed by atoms with van der Waals surface area (Å²) >= 11 is 6.80. The number of benzene rings is 2. The maximum absolute atomic E-state index is 13.6. The predicted octanol–water partition coefficient (Wildman–Crippen LogP) is 5.06. The van der Waals surface area contributed by atoms with Gasteiger partial charge in [-0.15, -0.1) is 0 Å². The third-order valence-corrected chi connectivity index (χ3v) is 9.21. The molecule has 11 heteroatoms. The third-order valence-electron chi connectivity index (χ3n) is 8.86. The van der Waals surface area contributed by atoms with Crippen molar-refractivity contribution in [1.29, 1.82) is 0 Å². The molecule has 1 fully saturated rings. The SMILES string of the molecule is COC[C@@H](C)NC(=O)C(C)(COC)c1ccc2[nH]c([C@@H](NC(=O)c3ccnn3C)[C@H](c3ccccc3Cl)C3(C)CC3)nc2c1. The van der Waals surface area contributed by atoms with Gasteiger partial charge in [-0.25, -0.2) is 4.98 Å². The van der Waals surface area contributed by atoms with Crippen molar-refractivity contribution >= 4 is 34.4 Å². The lowest BCUT2D eigenvalue weighted by Crippen LogP contribution is -2.49. The molecule has 2 amide bonds. The van der Waals surface area contributed by atoms with Crippen molar-refractivity contribution in [2.75, 3.05) is 27.4 Å². The lowest BCUT2D eigenvalue weighted by atomic mass is 9.78. The van der Waals surface area contributed by atoms with Crippen LogP contribution >= 0.6 is 11.6 Å². The van der Waals surface area contributed by atoms with Gasteiger partial charge in [-0.1, -0.05) is 42.8 Å². The van der Waals surface area contributed by atoms with Crippen LogP contribution in [0.4, 0.5) is 0 Å². The number of hydrogen-bond acceptors (Lipinski definition) is 6. The summed E-state index contributed by atoms with van der Waals surface area (Å²) in [5.74, 6) is 0.0327. The van der Waals surface area contributed by atoms with Crippen LogP contribution in [-0.2, 0) is 26.7 Å². The van der Waals surface area contributed by atoms with Gasteiger partial charge in [0.1, 0.15) is 11.5 Å². The van der Waals surface area contributed by atoms with E-state index >= 15 is 0 Å². The van der Waals surface area contributed by atoms with E-state index in [-0.39, 0.29) is 35.8 Å². The number of aromatic amines is 1. The third kappa shape index (κ3) is 6.24. The number of halogens is 1. The molecule has 0 aliphatic heterocycles. The molecule has 0 bridgehead atoms. The molecule has 234 valence electrons. The molecule has 0 saturated heterocycles. The number of aryl methyl sites for hydroxylation is 1. The summed E-state index contributed by atoms with van der Waals surface area (Å²) in [5.41, 5.74) is 2.56. The lowest BCUT2D eigenvalue weighted by molar-refractivity contribution is -0.129. The van der Waals surface area contributed by atoms with E-state index in [1.165, 1.54) is 0 Å². The maximum atomic E-state index is 13.6. The predicted molar refractivity (Wildman–Crippen MR) is 170 cm³/mol. The minimum Gasteiger partial charge on any atom is -0.383 e. The van der Waals surface area contributed by atoms with Crippen LogP contribution in [0.3, 0.4) is 0 Å². The number of ether oxygens (including phenoxy) is 2. The molecule has 1 aliphatic rings. The number of carbonyl (C=O) groups excluding carboxylic acids is 2. The Hall–Kier alpha value is -3.73. The van der Waals surface area contributed by atoms with E-state index in [2.05, 4.69) is 27.6 Å². The lowest BCUT2D eigenvalue weighted by Gasteiger charge is -2.32. The molecule has 3 N–H and O–H groups in total. The Morgan fingerprint density at radius 1 is 1.14 bits per heavy atom. The smallest absolute Gasteiger partial charge is 0.270 e. The van der Waals surface area contributed by atoms with Crippen LogP contribution in [0.25, 0.3) is 11.0 Å². The highest BCUT2D eigenvalue weighted by atomic mass is 35.5.